The van der Waals surface area contributed by atoms with Crippen molar-refractivity contribution in [1.82, 2.24) is 14.9 Å². The molecule has 1 aromatic heterocycles. The number of rotatable bonds is 4. The average Bonchev–Trinajstić information content (AvgIpc) is 2.97. The van der Waals surface area contributed by atoms with Crippen LogP contribution in [0.25, 0.3) is 10.8 Å². The van der Waals surface area contributed by atoms with Crippen molar-refractivity contribution in [3.8, 4) is 5.75 Å². The number of hydrogen-bond donors (Lipinski definition) is 1. The van der Waals surface area contributed by atoms with Crippen LogP contribution in [-0.4, -0.2) is 22.0 Å². The molecular formula is C14H14N4O. The van der Waals surface area contributed by atoms with E-state index in [4.69, 9.17) is 4.74 Å². The van der Waals surface area contributed by atoms with Gasteiger partial charge in [-0.3, -0.25) is 0 Å². The number of nitrogens with zero attached hydrogens (tertiary/aromatic N) is 3. The van der Waals surface area contributed by atoms with Gasteiger partial charge in [-0.15, -0.1) is 10.2 Å². The minimum Gasteiger partial charge on any atom is -0.496 e. The predicted octanol–water partition coefficient (Wildman–Crippen LogP) is 2.18. The molecule has 1 N–H and O–H groups in total. The maximum Gasteiger partial charge on any atom is 0.138 e. The maximum atomic E-state index is 5.44. The minimum atomic E-state index is 0.641. The van der Waals surface area contributed by atoms with E-state index < -0.39 is 0 Å². The second-order valence-corrected chi connectivity index (χ2v) is 4.17. The van der Waals surface area contributed by atoms with Crippen molar-refractivity contribution in [2.24, 2.45) is 0 Å². The van der Waals surface area contributed by atoms with E-state index in [9.17, 15) is 0 Å². The Labute approximate surface area is 110 Å². The molecule has 0 amide bonds. The summed E-state index contributed by atoms with van der Waals surface area (Å²) in [5.41, 5.74) is 4.34. The Morgan fingerprint density at radius 1 is 1.11 bits per heavy atom. The summed E-state index contributed by atoms with van der Waals surface area (Å²) in [6.45, 7) is 0.641. The third-order valence-electron chi connectivity index (χ3n) is 3.07. The lowest BCUT2D eigenvalue weighted by Gasteiger charge is -2.13. The van der Waals surface area contributed by atoms with E-state index in [0.717, 1.165) is 11.3 Å². The van der Waals surface area contributed by atoms with Crippen LogP contribution in [0.15, 0.2) is 49.1 Å². The van der Waals surface area contributed by atoms with Gasteiger partial charge in [0.1, 0.15) is 18.4 Å². The summed E-state index contributed by atoms with van der Waals surface area (Å²) in [6, 6.07) is 12.3. The molecule has 0 saturated carbocycles. The molecule has 0 unspecified atom stereocenters. The lowest BCUT2D eigenvalue weighted by Crippen LogP contribution is -2.13. The number of hydrogen-bond acceptors (Lipinski definition) is 4. The molecule has 0 bridgehead atoms. The van der Waals surface area contributed by atoms with Crippen molar-refractivity contribution in [3.63, 3.8) is 0 Å². The first-order chi connectivity index (χ1) is 9.38. The van der Waals surface area contributed by atoms with Crippen LogP contribution in [0.3, 0.4) is 0 Å². The SMILES string of the molecule is COc1ccc2ccccc2c1CNn1cnnc1. The highest BCUT2D eigenvalue weighted by atomic mass is 16.5. The fourth-order valence-electron chi connectivity index (χ4n) is 2.14. The standard InChI is InChI=1S/C14H14N4O/c1-19-14-7-6-11-4-2-3-5-12(11)13(14)8-17-18-9-15-16-10-18/h2-7,9-10,17H,8H2,1H3. The highest BCUT2D eigenvalue weighted by molar-refractivity contribution is 5.87. The molecule has 3 aromatic rings. The molecule has 5 heteroatoms. The summed E-state index contributed by atoms with van der Waals surface area (Å²) < 4.78 is 7.17. The van der Waals surface area contributed by atoms with Crippen LogP contribution in [0, 0.1) is 0 Å². The Kier molecular flexibility index (Phi) is 3.02. The fourth-order valence-corrected chi connectivity index (χ4v) is 2.14. The highest BCUT2D eigenvalue weighted by Crippen LogP contribution is 2.27. The van der Waals surface area contributed by atoms with Crippen LogP contribution in [0.5, 0.6) is 5.75 Å². The van der Waals surface area contributed by atoms with Gasteiger partial charge in [-0.25, -0.2) is 4.68 Å². The van der Waals surface area contributed by atoms with Gasteiger partial charge >= 0.3 is 0 Å². The molecule has 0 radical (unpaired) electrons. The van der Waals surface area contributed by atoms with E-state index in [2.05, 4.69) is 33.8 Å². The monoisotopic (exact) mass is 254 g/mol. The predicted molar refractivity (Wildman–Crippen MR) is 73.6 cm³/mol. The van der Waals surface area contributed by atoms with Crippen molar-refractivity contribution in [2.75, 3.05) is 12.5 Å². The van der Waals surface area contributed by atoms with Gasteiger partial charge in [-0.05, 0) is 16.8 Å². The molecule has 0 atom stereocenters. The van der Waals surface area contributed by atoms with Crippen LogP contribution in [0.2, 0.25) is 0 Å². The fraction of sp³-hybridized carbons (Fsp3) is 0.143. The molecule has 3 rings (SSSR count). The van der Waals surface area contributed by atoms with Crippen LogP contribution < -0.4 is 10.2 Å². The second-order valence-electron chi connectivity index (χ2n) is 4.17. The molecule has 0 aliphatic rings. The summed E-state index contributed by atoms with van der Waals surface area (Å²) in [4.78, 5) is 0. The zero-order chi connectivity index (χ0) is 13.1. The highest BCUT2D eigenvalue weighted by Gasteiger charge is 2.07. The third-order valence-corrected chi connectivity index (χ3v) is 3.07. The largest absolute Gasteiger partial charge is 0.496 e. The smallest absolute Gasteiger partial charge is 0.138 e. The molecule has 19 heavy (non-hydrogen) atoms. The molecule has 2 aromatic carbocycles. The Morgan fingerprint density at radius 2 is 1.89 bits per heavy atom. The van der Waals surface area contributed by atoms with Gasteiger partial charge < -0.3 is 10.2 Å². The number of ether oxygens (including phenoxy) is 1. The van der Waals surface area contributed by atoms with Crippen LogP contribution in [-0.2, 0) is 6.54 Å². The van der Waals surface area contributed by atoms with Crippen molar-refractivity contribution >= 4 is 10.8 Å². The maximum absolute atomic E-state index is 5.44. The van der Waals surface area contributed by atoms with Crippen molar-refractivity contribution in [3.05, 3.63) is 54.6 Å². The van der Waals surface area contributed by atoms with Crippen molar-refractivity contribution in [1.29, 1.82) is 0 Å². The normalized spacial score (nSPS) is 10.6. The molecule has 0 saturated heterocycles. The second kappa shape index (κ2) is 4.97. The molecule has 0 aliphatic carbocycles. The zero-order valence-corrected chi connectivity index (χ0v) is 10.6. The van der Waals surface area contributed by atoms with E-state index in [-0.39, 0.29) is 0 Å². The molecular weight excluding hydrogens is 240 g/mol. The number of fused-ring (bicyclic) bond motifs is 1. The van der Waals surface area contributed by atoms with Gasteiger partial charge in [0.05, 0.1) is 13.7 Å². The summed E-state index contributed by atoms with van der Waals surface area (Å²) in [6.07, 6.45) is 3.25. The summed E-state index contributed by atoms with van der Waals surface area (Å²) in [7, 11) is 1.69. The first kappa shape index (κ1) is 11.5. The zero-order valence-electron chi connectivity index (χ0n) is 10.6. The van der Waals surface area contributed by atoms with Crippen molar-refractivity contribution in [2.45, 2.75) is 6.54 Å². The average molecular weight is 254 g/mol. The first-order valence-electron chi connectivity index (χ1n) is 6.01. The van der Waals surface area contributed by atoms with Gasteiger partial charge in [0, 0.05) is 5.56 Å². The van der Waals surface area contributed by atoms with Crippen LogP contribution in [0.4, 0.5) is 0 Å². The summed E-state index contributed by atoms with van der Waals surface area (Å²) in [5, 5.41) is 9.90. The Hall–Kier alpha value is -2.56. The van der Waals surface area contributed by atoms with Crippen LogP contribution in [0.1, 0.15) is 5.56 Å². The minimum absolute atomic E-state index is 0.641. The molecule has 5 nitrogen and oxygen atoms in total. The quantitative estimate of drug-likeness (QED) is 0.775. The molecule has 0 aliphatic heterocycles. The summed E-state index contributed by atoms with van der Waals surface area (Å²) in [5.74, 6) is 0.874. The van der Waals surface area contributed by atoms with Crippen LogP contribution >= 0.6 is 0 Å². The van der Waals surface area contributed by atoms with E-state index in [1.165, 1.54) is 10.8 Å². The van der Waals surface area contributed by atoms with Crippen molar-refractivity contribution < 1.29 is 4.74 Å². The number of benzene rings is 2. The van der Waals surface area contributed by atoms with E-state index >= 15 is 0 Å². The first-order valence-corrected chi connectivity index (χ1v) is 6.01. The lowest BCUT2D eigenvalue weighted by molar-refractivity contribution is 0.410. The van der Waals surface area contributed by atoms with Gasteiger partial charge in [-0.2, -0.15) is 0 Å². The van der Waals surface area contributed by atoms with E-state index in [1.54, 1.807) is 24.4 Å². The molecule has 0 spiro atoms. The van der Waals surface area contributed by atoms with Gasteiger partial charge in [0.2, 0.25) is 0 Å². The Morgan fingerprint density at radius 3 is 2.68 bits per heavy atom. The molecule has 1 heterocycles. The van der Waals surface area contributed by atoms with Gasteiger partial charge in [0.25, 0.3) is 0 Å². The van der Waals surface area contributed by atoms with Gasteiger partial charge in [0.15, 0.2) is 0 Å². The van der Waals surface area contributed by atoms with E-state index in [1.807, 2.05) is 18.2 Å². The third kappa shape index (κ3) is 2.22. The number of methoxy groups -OCH3 is 1. The van der Waals surface area contributed by atoms with E-state index in [0.29, 0.717) is 6.54 Å². The number of aromatic nitrogens is 3. The summed E-state index contributed by atoms with van der Waals surface area (Å²) >= 11 is 0. The molecule has 96 valence electrons. The number of nitrogens with one attached hydrogen (secondary N) is 1. The van der Waals surface area contributed by atoms with Gasteiger partial charge in [-0.1, -0.05) is 30.3 Å². The Balaban J connectivity index is 1.99. The Bertz CT molecular complexity index is 679. The molecule has 0 fully saturated rings. The topological polar surface area (TPSA) is 52.0 Å². The lowest BCUT2D eigenvalue weighted by atomic mass is 10.0.